The van der Waals surface area contributed by atoms with Crippen LogP contribution in [0.3, 0.4) is 0 Å². The van der Waals surface area contributed by atoms with Gasteiger partial charge in [0.2, 0.25) is 0 Å². The van der Waals surface area contributed by atoms with Crippen LogP contribution in [0.15, 0.2) is 30.6 Å². The van der Waals surface area contributed by atoms with E-state index in [1.165, 1.54) is 0 Å². The van der Waals surface area contributed by atoms with E-state index in [4.69, 9.17) is 10.5 Å². The summed E-state index contributed by atoms with van der Waals surface area (Å²) in [5, 5.41) is 9.81. The number of nitrogens with two attached hydrogens (primary N) is 1. The number of benzene rings is 1. The molecule has 0 spiro atoms. The summed E-state index contributed by atoms with van der Waals surface area (Å²) in [6, 6.07) is 5.98. The second-order valence-corrected chi connectivity index (χ2v) is 3.59. The number of H-pyrrole nitrogens is 1. The standard InChI is InChI=1S/C12H16N4O/c1-14-11-3-2-9(10-7-15-16-8-10)6-12(11)17-5-4-13/h2-3,6-8,14H,4-5,13H2,1H3,(H,15,16). The van der Waals surface area contributed by atoms with Crippen LogP contribution >= 0.6 is 0 Å². The lowest BCUT2D eigenvalue weighted by Gasteiger charge is -2.11. The van der Waals surface area contributed by atoms with Crippen LogP contribution in [0.25, 0.3) is 11.1 Å². The minimum atomic E-state index is 0.499. The van der Waals surface area contributed by atoms with Gasteiger partial charge in [-0.3, -0.25) is 5.10 Å². The van der Waals surface area contributed by atoms with Gasteiger partial charge in [0.25, 0.3) is 0 Å². The van der Waals surface area contributed by atoms with Gasteiger partial charge in [-0.2, -0.15) is 5.10 Å². The molecule has 0 unspecified atom stereocenters. The zero-order chi connectivity index (χ0) is 12.1. The van der Waals surface area contributed by atoms with Crippen LogP contribution in [0.2, 0.25) is 0 Å². The molecule has 17 heavy (non-hydrogen) atoms. The highest BCUT2D eigenvalue weighted by atomic mass is 16.5. The Morgan fingerprint density at radius 1 is 1.41 bits per heavy atom. The quantitative estimate of drug-likeness (QED) is 0.729. The Labute approximate surface area is 100.0 Å². The third-order valence-electron chi connectivity index (χ3n) is 2.46. The summed E-state index contributed by atoms with van der Waals surface area (Å²) in [6.45, 7) is 1.00. The van der Waals surface area contributed by atoms with Crippen molar-refractivity contribution in [1.29, 1.82) is 0 Å². The van der Waals surface area contributed by atoms with Gasteiger partial charge in [-0.1, -0.05) is 6.07 Å². The van der Waals surface area contributed by atoms with Crippen molar-refractivity contribution in [2.45, 2.75) is 0 Å². The van der Waals surface area contributed by atoms with Crippen LogP contribution in [-0.4, -0.2) is 30.4 Å². The Morgan fingerprint density at radius 3 is 2.94 bits per heavy atom. The highest BCUT2D eigenvalue weighted by Gasteiger charge is 2.06. The normalized spacial score (nSPS) is 10.2. The fourth-order valence-electron chi connectivity index (χ4n) is 1.61. The largest absolute Gasteiger partial charge is 0.490 e. The molecule has 0 fully saturated rings. The summed E-state index contributed by atoms with van der Waals surface area (Å²) >= 11 is 0. The second kappa shape index (κ2) is 5.36. The molecule has 0 aliphatic heterocycles. The fourth-order valence-corrected chi connectivity index (χ4v) is 1.61. The molecule has 1 aromatic carbocycles. The average Bonchev–Trinajstić information content (AvgIpc) is 2.89. The van der Waals surface area contributed by atoms with Crippen LogP contribution in [0.5, 0.6) is 5.75 Å². The van der Waals surface area contributed by atoms with Crippen LogP contribution in [0.4, 0.5) is 5.69 Å². The van der Waals surface area contributed by atoms with Crippen molar-refractivity contribution in [3.05, 3.63) is 30.6 Å². The van der Waals surface area contributed by atoms with Gasteiger partial charge in [0.15, 0.2) is 0 Å². The number of nitrogens with one attached hydrogen (secondary N) is 2. The summed E-state index contributed by atoms with van der Waals surface area (Å²) in [4.78, 5) is 0. The maximum Gasteiger partial charge on any atom is 0.143 e. The van der Waals surface area contributed by atoms with Crippen molar-refractivity contribution in [1.82, 2.24) is 10.2 Å². The number of aromatic amines is 1. The summed E-state index contributed by atoms with van der Waals surface area (Å²) in [5.41, 5.74) is 8.48. The molecular weight excluding hydrogens is 216 g/mol. The topological polar surface area (TPSA) is 76.0 Å². The molecule has 90 valence electrons. The highest BCUT2D eigenvalue weighted by Crippen LogP contribution is 2.30. The molecule has 0 radical (unpaired) electrons. The van der Waals surface area contributed by atoms with Gasteiger partial charge in [0.05, 0.1) is 11.9 Å². The molecule has 0 atom stereocenters. The third-order valence-corrected chi connectivity index (χ3v) is 2.46. The number of hydrogen-bond acceptors (Lipinski definition) is 4. The smallest absolute Gasteiger partial charge is 0.143 e. The zero-order valence-electron chi connectivity index (χ0n) is 9.73. The molecule has 2 aromatic rings. The monoisotopic (exact) mass is 232 g/mol. The summed E-state index contributed by atoms with van der Waals surface area (Å²) < 4.78 is 5.60. The first-order chi connectivity index (χ1) is 8.35. The Morgan fingerprint density at radius 2 is 2.29 bits per heavy atom. The van der Waals surface area contributed by atoms with E-state index < -0.39 is 0 Å². The lowest BCUT2D eigenvalue weighted by atomic mass is 10.1. The molecule has 1 aromatic heterocycles. The molecule has 0 bridgehead atoms. The van der Waals surface area contributed by atoms with E-state index in [-0.39, 0.29) is 0 Å². The molecule has 2 rings (SSSR count). The van der Waals surface area contributed by atoms with Crippen molar-refractivity contribution >= 4 is 5.69 Å². The van der Waals surface area contributed by atoms with E-state index in [1.807, 2.05) is 31.4 Å². The van der Waals surface area contributed by atoms with Crippen LogP contribution in [-0.2, 0) is 0 Å². The SMILES string of the molecule is CNc1ccc(-c2cn[nH]c2)cc1OCCN. The maximum absolute atomic E-state index is 5.60. The molecule has 0 aliphatic carbocycles. The van der Waals surface area contributed by atoms with Crippen molar-refractivity contribution < 1.29 is 4.74 Å². The van der Waals surface area contributed by atoms with E-state index in [0.29, 0.717) is 13.2 Å². The molecular formula is C12H16N4O. The molecule has 0 aliphatic rings. The predicted molar refractivity (Wildman–Crippen MR) is 68.1 cm³/mol. The number of nitrogens with zero attached hydrogens (tertiary/aromatic N) is 1. The van der Waals surface area contributed by atoms with Crippen LogP contribution in [0, 0.1) is 0 Å². The number of aromatic nitrogens is 2. The Hall–Kier alpha value is -2.01. The first-order valence-corrected chi connectivity index (χ1v) is 5.49. The molecule has 5 nitrogen and oxygen atoms in total. The van der Waals surface area contributed by atoms with Crippen molar-refractivity contribution in [2.24, 2.45) is 5.73 Å². The van der Waals surface area contributed by atoms with E-state index in [9.17, 15) is 0 Å². The average molecular weight is 232 g/mol. The highest BCUT2D eigenvalue weighted by molar-refractivity contribution is 5.69. The minimum absolute atomic E-state index is 0.499. The van der Waals surface area contributed by atoms with Crippen molar-refractivity contribution in [3.63, 3.8) is 0 Å². The van der Waals surface area contributed by atoms with Crippen molar-refractivity contribution in [3.8, 4) is 16.9 Å². The van der Waals surface area contributed by atoms with Gasteiger partial charge in [-0.25, -0.2) is 0 Å². The zero-order valence-corrected chi connectivity index (χ0v) is 9.73. The molecule has 0 amide bonds. The summed E-state index contributed by atoms with van der Waals surface area (Å²) in [6.07, 6.45) is 3.63. The van der Waals surface area contributed by atoms with Crippen LogP contribution < -0.4 is 15.8 Å². The van der Waals surface area contributed by atoms with E-state index >= 15 is 0 Å². The molecule has 0 saturated carbocycles. The lowest BCUT2D eigenvalue weighted by Crippen LogP contribution is -2.11. The van der Waals surface area contributed by atoms with Gasteiger partial charge in [-0.15, -0.1) is 0 Å². The minimum Gasteiger partial charge on any atom is -0.490 e. The van der Waals surface area contributed by atoms with Gasteiger partial charge in [0, 0.05) is 25.4 Å². The Bertz CT molecular complexity index is 467. The number of hydrogen-bond donors (Lipinski definition) is 3. The number of anilines is 1. The molecule has 4 N–H and O–H groups in total. The lowest BCUT2D eigenvalue weighted by molar-refractivity contribution is 0.330. The van der Waals surface area contributed by atoms with Crippen molar-refractivity contribution in [2.75, 3.05) is 25.5 Å². The van der Waals surface area contributed by atoms with Gasteiger partial charge >= 0.3 is 0 Å². The van der Waals surface area contributed by atoms with Gasteiger partial charge in [-0.05, 0) is 17.7 Å². The summed E-state index contributed by atoms with van der Waals surface area (Å²) in [7, 11) is 1.86. The first-order valence-electron chi connectivity index (χ1n) is 5.49. The first kappa shape index (κ1) is 11.5. The van der Waals surface area contributed by atoms with Gasteiger partial charge in [0.1, 0.15) is 12.4 Å². The van der Waals surface area contributed by atoms with E-state index in [1.54, 1.807) is 6.20 Å². The number of rotatable bonds is 5. The predicted octanol–water partition coefficient (Wildman–Crippen LogP) is 1.46. The molecule has 1 heterocycles. The van der Waals surface area contributed by atoms with Crippen LogP contribution in [0.1, 0.15) is 0 Å². The summed E-state index contributed by atoms with van der Waals surface area (Å²) in [5.74, 6) is 0.802. The second-order valence-electron chi connectivity index (χ2n) is 3.59. The molecule has 5 heteroatoms. The maximum atomic E-state index is 5.60. The molecule has 0 saturated heterocycles. The number of ether oxygens (including phenoxy) is 1. The van der Waals surface area contributed by atoms with E-state index in [2.05, 4.69) is 15.5 Å². The third kappa shape index (κ3) is 2.57. The Balaban J connectivity index is 2.31. The van der Waals surface area contributed by atoms with E-state index in [0.717, 1.165) is 22.6 Å². The fraction of sp³-hybridized carbons (Fsp3) is 0.250. The Kier molecular flexibility index (Phi) is 3.62. The van der Waals surface area contributed by atoms with Gasteiger partial charge < -0.3 is 15.8 Å².